The van der Waals surface area contributed by atoms with Crippen LogP contribution in [0.15, 0.2) is 41.8 Å². The summed E-state index contributed by atoms with van der Waals surface area (Å²) in [6, 6.07) is 11.1. The number of benzene rings is 1. The number of carbonyl (C=O) groups excluding carboxylic acids is 1. The molecule has 1 heterocycles. The Labute approximate surface area is 96.6 Å². The zero-order valence-electron chi connectivity index (χ0n) is 8.33. The highest BCUT2D eigenvalue weighted by Gasteiger charge is 2.13. The fourth-order valence-electron chi connectivity index (χ4n) is 1.47. The summed E-state index contributed by atoms with van der Waals surface area (Å²) < 4.78 is 0. The van der Waals surface area contributed by atoms with Gasteiger partial charge in [-0.3, -0.25) is 4.79 Å². The minimum atomic E-state index is -0.300. The van der Waals surface area contributed by atoms with Crippen molar-refractivity contribution in [3.05, 3.63) is 52.9 Å². The van der Waals surface area contributed by atoms with Crippen LogP contribution in [0.25, 0.3) is 16.0 Å². The molecule has 0 saturated heterocycles. The van der Waals surface area contributed by atoms with E-state index in [0.29, 0.717) is 5.56 Å². The van der Waals surface area contributed by atoms with E-state index < -0.39 is 0 Å². The van der Waals surface area contributed by atoms with E-state index in [1.54, 1.807) is 23.5 Å². The van der Waals surface area contributed by atoms with E-state index in [1.165, 1.54) is 0 Å². The molecule has 0 spiro atoms. The van der Waals surface area contributed by atoms with Gasteiger partial charge in [0.05, 0.1) is 0 Å². The van der Waals surface area contributed by atoms with Crippen LogP contribution in [0.3, 0.4) is 0 Å². The molecule has 0 bridgehead atoms. The summed E-state index contributed by atoms with van der Waals surface area (Å²) in [5.41, 5.74) is 9.78. The molecule has 3 nitrogen and oxygen atoms in total. The van der Waals surface area contributed by atoms with Crippen molar-refractivity contribution in [3.8, 4) is 10.4 Å². The second-order valence-electron chi connectivity index (χ2n) is 3.13. The van der Waals surface area contributed by atoms with Gasteiger partial charge in [0.15, 0.2) is 0 Å². The van der Waals surface area contributed by atoms with Crippen LogP contribution in [0.2, 0.25) is 0 Å². The highest BCUT2D eigenvalue weighted by atomic mass is 32.1. The Morgan fingerprint density at radius 1 is 1.25 bits per heavy atom. The number of rotatable bonds is 3. The average molecular weight is 228 g/mol. The van der Waals surface area contributed by atoms with Gasteiger partial charge in [-0.15, -0.1) is 11.3 Å². The van der Waals surface area contributed by atoms with Crippen LogP contribution in [0.1, 0.15) is 10.4 Å². The maximum absolute atomic E-state index is 11.7. The Hall–Kier alpha value is -2.03. The number of Topliss-reactive ketones (excluding diaryl/α,β-unsaturated/α-hetero) is 1. The lowest BCUT2D eigenvalue weighted by Crippen LogP contribution is -2.02. The predicted octanol–water partition coefficient (Wildman–Crippen LogP) is 2.90. The molecular formula is C12H8N2OS. The molecule has 0 N–H and O–H groups in total. The average Bonchev–Trinajstić information content (AvgIpc) is 2.83. The van der Waals surface area contributed by atoms with E-state index in [-0.39, 0.29) is 5.78 Å². The van der Waals surface area contributed by atoms with Gasteiger partial charge in [0.25, 0.3) is 5.78 Å². The maximum atomic E-state index is 11.7. The van der Waals surface area contributed by atoms with Gasteiger partial charge >= 0.3 is 6.21 Å². The summed E-state index contributed by atoms with van der Waals surface area (Å²) in [4.78, 5) is 15.4. The lowest BCUT2D eigenvalue weighted by Gasteiger charge is -2.01. The molecule has 0 atom stereocenters. The summed E-state index contributed by atoms with van der Waals surface area (Å²) in [6.07, 6.45) is 0.909. The van der Waals surface area contributed by atoms with E-state index in [0.717, 1.165) is 16.7 Å². The molecule has 78 valence electrons. The van der Waals surface area contributed by atoms with Crippen LogP contribution in [-0.4, -0.2) is 16.8 Å². The van der Waals surface area contributed by atoms with Crippen molar-refractivity contribution in [2.75, 3.05) is 0 Å². The van der Waals surface area contributed by atoms with Gasteiger partial charge < -0.3 is 5.53 Å². The van der Waals surface area contributed by atoms with Crippen molar-refractivity contribution >= 4 is 23.3 Å². The first kappa shape index (κ1) is 10.5. The second-order valence-corrected chi connectivity index (χ2v) is 4.08. The number of nitrogens with zero attached hydrogens (tertiary/aromatic N) is 2. The summed E-state index contributed by atoms with van der Waals surface area (Å²) in [5.74, 6) is -0.300. The zero-order chi connectivity index (χ0) is 11.4. The number of hydrogen-bond acceptors (Lipinski definition) is 2. The first-order valence-electron chi connectivity index (χ1n) is 4.67. The van der Waals surface area contributed by atoms with Crippen molar-refractivity contribution in [1.82, 2.24) is 0 Å². The van der Waals surface area contributed by atoms with Crippen molar-refractivity contribution in [3.63, 3.8) is 0 Å². The fraction of sp³-hybridized carbons (Fsp3) is 0. The third kappa shape index (κ3) is 1.98. The van der Waals surface area contributed by atoms with Gasteiger partial charge in [-0.2, -0.15) is 4.79 Å². The van der Waals surface area contributed by atoms with Crippen LogP contribution in [0, 0.1) is 0 Å². The summed E-state index contributed by atoms with van der Waals surface area (Å²) in [7, 11) is 0. The lowest BCUT2D eigenvalue weighted by molar-refractivity contribution is 0.00235. The molecule has 0 saturated carbocycles. The van der Waals surface area contributed by atoms with E-state index in [4.69, 9.17) is 5.53 Å². The molecule has 4 heteroatoms. The third-order valence-corrected chi connectivity index (χ3v) is 3.06. The van der Waals surface area contributed by atoms with Crippen LogP contribution < -0.4 is 0 Å². The smallest absolute Gasteiger partial charge is 0.328 e. The van der Waals surface area contributed by atoms with Gasteiger partial charge in [-0.25, -0.2) is 0 Å². The highest BCUT2D eigenvalue weighted by Crippen LogP contribution is 2.27. The van der Waals surface area contributed by atoms with E-state index in [9.17, 15) is 4.79 Å². The normalized spacial score (nSPS) is 9.50. The zero-order valence-corrected chi connectivity index (χ0v) is 9.15. The number of thiophene rings is 1. The Bertz CT molecular complexity index is 554. The molecule has 0 aliphatic heterocycles. The molecule has 1 aromatic heterocycles. The highest BCUT2D eigenvalue weighted by molar-refractivity contribution is 7.13. The number of ketones is 1. The summed E-state index contributed by atoms with van der Waals surface area (Å²) >= 11 is 1.57. The van der Waals surface area contributed by atoms with Gasteiger partial charge in [0.1, 0.15) is 0 Å². The van der Waals surface area contributed by atoms with Gasteiger partial charge in [0, 0.05) is 16.0 Å². The summed E-state index contributed by atoms with van der Waals surface area (Å²) in [6.45, 7) is 0. The Balaban J connectivity index is 2.54. The second kappa shape index (κ2) is 4.66. The summed E-state index contributed by atoms with van der Waals surface area (Å²) in [5, 5.41) is 1.96. The fourth-order valence-corrected chi connectivity index (χ4v) is 2.23. The molecule has 0 aliphatic rings. The first-order valence-corrected chi connectivity index (χ1v) is 5.55. The van der Waals surface area contributed by atoms with Crippen molar-refractivity contribution < 1.29 is 9.58 Å². The van der Waals surface area contributed by atoms with E-state index in [1.807, 2.05) is 29.6 Å². The first-order chi connectivity index (χ1) is 7.83. The molecule has 1 aromatic carbocycles. The molecule has 2 aromatic rings. The molecule has 0 aliphatic carbocycles. The van der Waals surface area contributed by atoms with Crippen LogP contribution >= 0.6 is 11.3 Å². The van der Waals surface area contributed by atoms with E-state index in [2.05, 4.69) is 4.79 Å². The molecule has 0 radical (unpaired) electrons. The molecule has 2 rings (SSSR count). The molecule has 16 heavy (non-hydrogen) atoms. The predicted molar refractivity (Wildman–Crippen MR) is 63.8 cm³/mol. The monoisotopic (exact) mass is 228 g/mol. The van der Waals surface area contributed by atoms with Crippen molar-refractivity contribution in [2.24, 2.45) is 0 Å². The molecule has 0 unspecified atom stereocenters. The van der Waals surface area contributed by atoms with Crippen LogP contribution in [0.4, 0.5) is 0 Å². The van der Waals surface area contributed by atoms with Gasteiger partial charge in [0.2, 0.25) is 0 Å². The largest absolute Gasteiger partial charge is 0.361 e. The quantitative estimate of drug-likeness (QED) is 0.345. The Morgan fingerprint density at radius 3 is 2.75 bits per heavy atom. The van der Waals surface area contributed by atoms with Gasteiger partial charge in [-0.05, 0) is 11.4 Å². The number of carbonyl (C=O) groups is 1. The van der Waals surface area contributed by atoms with Crippen LogP contribution in [-0.2, 0) is 0 Å². The minimum absolute atomic E-state index is 0.300. The van der Waals surface area contributed by atoms with Crippen LogP contribution in [0.5, 0.6) is 0 Å². The van der Waals surface area contributed by atoms with Crippen molar-refractivity contribution in [1.29, 1.82) is 0 Å². The number of hydrogen-bond donors (Lipinski definition) is 0. The SMILES string of the molecule is [N-]=[N+]=CC(=O)c1ccccc1-c1cccs1. The lowest BCUT2D eigenvalue weighted by atomic mass is 10.0. The topological polar surface area (TPSA) is 53.5 Å². The Morgan fingerprint density at radius 2 is 2.06 bits per heavy atom. The minimum Gasteiger partial charge on any atom is -0.361 e. The van der Waals surface area contributed by atoms with Gasteiger partial charge in [-0.1, -0.05) is 30.3 Å². The van der Waals surface area contributed by atoms with Crippen molar-refractivity contribution in [2.45, 2.75) is 0 Å². The molecule has 0 amide bonds. The molecular weight excluding hydrogens is 220 g/mol. The Kier molecular flexibility index (Phi) is 3.05. The standard InChI is InChI=1S/C12H8N2OS/c13-14-8-11(15)9-4-1-2-5-10(9)12-6-3-7-16-12/h1-8H. The maximum Gasteiger partial charge on any atom is 0.328 e. The third-order valence-electron chi connectivity index (χ3n) is 2.15. The molecule has 0 fully saturated rings. The van der Waals surface area contributed by atoms with E-state index >= 15 is 0 Å².